The Labute approximate surface area is 370 Å². The van der Waals surface area contributed by atoms with Crippen molar-refractivity contribution in [1.29, 1.82) is 0 Å². The van der Waals surface area contributed by atoms with Gasteiger partial charge in [-0.2, -0.15) is 0 Å². The van der Waals surface area contributed by atoms with Crippen LogP contribution in [0.3, 0.4) is 0 Å². The van der Waals surface area contributed by atoms with E-state index in [1.807, 2.05) is 49.9 Å². The fraction of sp³-hybridized carbons (Fsp3) is 0.551. The Bertz CT molecular complexity index is 2330. The summed E-state index contributed by atoms with van der Waals surface area (Å²) in [6.07, 6.45) is 11.2. The fourth-order valence-corrected chi connectivity index (χ4v) is 10.9. The van der Waals surface area contributed by atoms with Crippen molar-refractivity contribution >= 4 is 24.0 Å². The molecule has 0 radical (unpaired) electrons. The summed E-state index contributed by atoms with van der Waals surface area (Å²) in [6.45, 7) is 13.2. The van der Waals surface area contributed by atoms with Crippen LogP contribution < -0.4 is 10.6 Å². The number of carbonyl (C=O) groups is 4. The number of aromatic nitrogens is 4. The lowest BCUT2D eigenvalue weighted by Crippen LogP contribution is -2.51. The monoisotopic (exact) mass is 860 g/mol. The normalized spacial score (nSPS) is 22.4. The Kier molecular flexibility index (Phi) is 12.5. The van der Waals surface area contributed by atoms with Crippen LogP contribution in [0, 0.1) is 29.1 Å². The summed E-state index contributed by atoms with van der Waals surface area (Å²) in [7, 11) is 2.61. The maximum Gasteiger partial charge on any atom is 0.407 e. The Morgan fingerprint density at radius 2 is 1.11 bits per heavy atom. The molecule has 4 heterocycles. The minimum Gasteiger partial charge on any atom is -0.453 e. The van der Waals surface area contributed by atoms with Crippen molar-refractivity contribution in [3.05, 3.63) is 71.6 Å². The molecule has 3 fully saturated rings. The third kappa shape index (κ3) is 8.69. The first kappa shape index (κ1) is 44.0. The standard InChI is InChI=1S/C49H64N8O6/c1-27(2)41(54-47(60)62-7)45(58)56-25-29(5)19-39(56)43-50-23-37(52-43)32-13-11-31(12-14-32)33-15-16-34(36-22-49(21-35(33)36)17-9-10-18-49)38-24-51-44(53-38)40-20-30(6)26-57(40)46(59)42(28(3)4)55-48(61)63-8/h11-16,23-24,27-30,39-42H,9-10,17-22,25-26H2,1-8H3,(H,50,52)(H,51,53)(H,54,60)(H,55,61)/t29-,30-,39-,40-,41?,42-/m0/s1. The summed E-state index contributed by atoms with van der Waals surface area (Å²) in [5, 5.41) is 5.50. The van der Waals surface area contributed by atoms with Gasteiger partial charge < -0.3 is 39.9 Å². The van der Waals surface area contributed by atoms with Gasteiger partial charge in [0.2, 0.25) is 11.8 Å². The molecule has 2 saturated heterocycles. The van der Waals surface area contributed by atoms with E-state index in [1.54, 1.807) is 0 Å². The summed E-state index contributed by atoms with van der Waals surface area (Å²) < 4.78 is 9.66. The van der Waals surface area contributed by atoms with Gasteiger partial charge in [-0.05, 0) is 95.4 Å². The zero-order valence-electron chi connectivity index (χ0n) is 38.0. The average molecular weight is 861 g/mol. The van der Waals surface area contributed by atoms with Gasteiger partial charge in [0, 0.05) is 18.7 Å². The first-order valence-electron chi connectivity index (χ1n) is 22.8. The number of nitrogens with zero attached hydrogens (tertiary/aromatic N) is 4. The van der Waals surface area contributed by atoms with Gasteiger partial charge in [0.15, 0.2) is 0 Å². The van der Waals surface area contributed by atoms with E-state index >= 15 is 0 Å². The number of amides is 4. The van der Waals surface area contributed by atoms with Crippen LogP contribution >= 0.6 is 0 Å². The summed E-state index contributed by atoms with van der Waals surface area (Å²) in [5.74, 6) is 1.58. The number of ether oxygens (including phenoxy) is 2. The fourth-order valence-electron chi connectivity index (χ4n) is 10.9. The largest absolute Gasteiger partial charge is 0.453 e. The highest BCUT2D eigenvalue weighted by atomic mass is 16.5. The van der Waals surface area contributed by atoms with E-state index < -0.39 is 24.3 Å². The van der Waals surface area contributed by atoms with Crippen LogP contribution in [-0.2, 0) is 31.9 Å². The quantitative estimate of drug-likeness (QED) is 0.116. The molecule has 2 aliphatic carbocycles. The number of fused-ring (bicyclic) bond motifs is 1. The molecule has 4 amide bonds. The molecule has 14 nitrogen and oxygen atoms in total. The zero-order chi connectivity index (χ0) is 44.7. The van der Waals surface area contributed by atoms with Gasteiger partial charge >= 0.3 is 12.2 Å². The molecule has 336 valence electrons. The number of alkyl carbamates (subject to hydrolysis) is 2. The van der Waals surface area contributed by atoms with Crippen molar-refractivity contribution in [2.24, 2.45) is 29.1 Å². The number of hydrogen-bond donors (Lipinski definition) is 4. The molecule has 2 aromatic heterocycles. The highest BCUT2D eigenvalue weighted by Crippen LogP contribution is 2.53. The lowest BCUT2D eigenvalue weighted by atomic mass is 9.82. The molecule has 63 heavy (non-hydrogen) atoms. The summed E-state index contributed by atoms with van der Waals surface area (Å²) in [5.41, 5.74) is 9.49. The second-order valence-corrected chi connectivity index (χ2v) is 19.5. The highest BCUT2D eigenvalue weighted by Gasteiger charge is 2.44. The van der Waals surface area contributed by atoms with Gasteiger partial charge in [-0.1, -0.05) is 90.8 Å². The van der Waals surface area contributed by atoms with Crippen molar-refractivity contribution in [1.82, 2.24) is 40.4 Å². The Balaban J connectivity index is 1.04. The molecule has 8 rings (SSSR count). The molecule has 2 aromatic carbocycles. The number of H-pyrrole nitrogens is 2. The van der Waals surface area contributed by atoms with E-state index in [2.05, 4.69) is 70.8 Å². The SMILES string of the molecule is COC(=O)NC(C(=O)N1C[C@@H](C)C[C@H]1c1ncc(-c2ccc(-c3ccc(-c4cnc([C@@H]5C[C@H](C)CN5C(=O)[C@@H](NC(=O)OC)C(C)C)[nH]4)c4c3CC3(CCCC3)C4)cc2)[nH]1)C(C)C. The number of imidazole rings is 2. The Morgan fingerprint density at radius 1 is 0.667 bits per heavy atom. The molecule has 1 unspecified atom stereocenters. The number of methoxy groups -OCH3 is 2. The number of likely N-dealkylation sites (tertiary alicyclic amines) is 2. The van der Waals surface area contributed by atoms with Crippen LogP contribution in [0.1, 0.15) is 115 Å². The van der Waals surface area contributed by atoms with Crippen molar-refractivity contribution in [3.8, 4) is 33.6 Å². The molecule has 0 bridgehead atoms. The van der Waals surface area contributed by atoms with Crippen LogP contribution in [0.15, 0.2) is 48.8 Å². The van der Waals surface area contributed by atoms with Crippen molar-refractivity contribution in [3.63, 3.8) is 0 Å². The molecule has 4 aromatic rings. The number of aromatic amines is 2. The number of carbonyl (C=O) groups excluding carboxylic acids is 4. The number of nitrogens with one attached hydrogen (secondary N) is 4. The molecule has 1 saturated carbocycles. The van der Waals surface area contributed by atoms with Crippen molar-refractivity contribution in [2.75, 3.05) is 27.3 Å². The number of benzene rings is 2. The van der Waals surface area contributed by atoms with Crippen LogP contribution in [0.2, 0.25) is 0 Å². The lowest BCUT2D eigenvalue weighted by molar-refractivity contribution is -0.136. The van der Waals surface area contributed by atoms with Gasteiger partial charge in [-0.15, -0.1) is 0 Å². The smallest absolute Gasteiger partial charge is 0.407 e. The van der Waals surface area contributed by atoms with Crippen LogP contribution in [0.4, 0.5) is 9.59 Å². The van der Waals surface area contributed by atoms with E-state index in [0.717, 1.165) is 59.8 Å². The third-order valence-corrected chi connectivity index (χ3v) is 14.2. The summed E-state index contributed by atoms with van der Waals surface area (Å²) in [4.78, 5) is 72.8. The first-order chi connectivity index (χ1) is 30.2. The van der Waals surface area contributed by atoms with Crippen LogP contribution in [0.25, 0.3) is 33.6 Å². The zero-order valence-corrected chi connectivity index (χ0v) is 38.0. The maximum absolute atomic E-state index is 14.0. The second kappa shape index (κ2) is 17.8. The van der Waals surface area contributed by atoms with Gasteiger partial charge in [0.05, 0.1) is 50.1 Å². The molecular formula is C49H64N8O6. The maximum atomic E-state index is 14.0. The lowest BCUT2D eigenvalue weighted by Gasteiger charge is -2.30. The second-order valence-electron chi connectivity index (χ2n) is 19.5. The van der Waals surface area contributed by atoms with E-state index in [1.165, 1.54) is 62.2 Å². The summed E-state index contributed by atoms with van der Waals surface area (Å²) in [6, 6.07) is 11.3. The van der Waals surface area contributed by atoms with E-state index in [0.29, 0.717) is 13.1 Å². The Hall–Kier alpha value is -5.66. The third-order valence-electron chi connectivity index (χ3n) is 14.2. The Morgan fingerprint density at radius 3 is 1.60 bits per heavy atom. The highest BCUT2D eigenvalue weighted by molar-refractivity contribution is 5.87. The van der Waals surface area contributed by atoms with Gasteiger partial charge in [-0.25, -0.2) is 19.6 Å². The molecule has 14 heteroatoms. The average Bonchev–Trinajstić information content (AvgIpc) is 4.14. The molecular weight excluding hydrogens is 797 g/mol. The van der Waals surface area contributed by atoms with E-state index in [4.69, 9.17) is 19.4 Å². The minimum absolute atomic E-state index is 0.114. The molecule has 4 aliphatic rings. The van der Waals surface area contributed by atoms with Gasteiger partial charge in [-0.3, -0.25) is 9.59 Å². The van der Waals surface area contributed by atoms with Gasteiger partial charge in [0.1, 0.15) is 23.7 Å². The first-order valence-corrected chi connectivity index (χ1v) is 22.8. The molecule has 4 N–H and O–H groups in total. The van der Waals surface area contributed by atoms with Crippen molar-refractivity contribution in [2.45, 2.75) is 117 Å². The van der Waals surface area contributed by atoms with Crippen molar-refractivity contribution < 1.29 is 28.7 Å². The molecule has 1 spiro atoms. The number of rotatable bonds is 11. The topological polar surface area (TPSA) is 175 Å². The predicted molar refractivity (Wildman–Crippen MR) is 240 cm³/mol. The minimum atomic E-state index is -0.700. The summed E-state index contributed by atoms with van der Waals surface area (Å²) >= 11 is 0. The van der Waals surface area contributed by atoms with Crippen LogP contribution in [-0.4, -0.2) is 93.1 Å². The van der Waals surface area contributed by atoms with E-state index in [-0.39, 0.29) is 53.0 Å². The number of hydrogen-bond acceptors (Lipinski definition) is 8. The van der Waals surface area contributed by atoms with E-state index in [9.17, 15) is 19.2 Å². The predicted octanol–water partition coefficient (Wildman–Crippen LogP) is 8.37. The molecule has 6 atom stereocenters. The van der Waals surface area contributed by atoms with Gasteiger partial charge in [0.25, 0.3) is 0 Å². The molecule has 2 aliphatic heterocycles. The van der Waals surface area contributed by atoms with Crippen LogP contribution in [0.5, 0.6) is 0 Å².